The van der Waals surface area contributed by atoms with Crippen molar-refractivity contribution in [1.29, 1.82) is 0 Å². The lowest BCUT2D eigenvalue weighted by Crippen LogP contribution is -2.41. The number of benzene rings is 3. The minimum atomic E-state index is -5.26. The molecule has 0 fully saturated rings. The number of halogens is 5. The number of nitrogens with one attached hydrogen (secondary N) is 1. The topological polar surface area (TPSA) is 66.4 Å². The maximum Gasteiger partial charge on any atom is 0.247 e. The first-order chi connectivity index (χ1) is 14.6. The third kappa shape index (κ3) is 4.76. The van der Waals surface area contributed by atoms with E-state index in [1.807, 2.05) is 4.72 Å². The lowest BCUT2D eigenvalue weighted by molar-refractivity contribution is 0.138. The molecule has 3 aromatic carbocycles. The van der Waals surface area contributed by atoms with E-state index in [-0.39, 0.29) is 12.0 Å². The molecule has 0 radical (unpaired) electrons. The fraction of sp³-hybridized carbons (Fsp3) is 0.143. The molecule has 0 saturated carbocycles. The predicted octanol–water partition coefficient (Wildman–Crippen LogP) is 4.01. The van der Waals surface area contributed by atoms with Crippen molar-refractivity contribution in [2.45, 2.75) is 23.5 Å². The summed E-state index contributed by atoms with van der Waals surface area (Å²) in [4.78, 5) is -2.01. The van der Waals surface area contributed by atoms with Crippen molar-refractivity contribution < 1.29 is 35.5 Å². The predicted molar refractivity (Wildman–Crippen MR) is 102 cm³/mol. The summed E-state index contributed by atoms with van der Waals surface area (Å²) in [5.41, 5.74) is 0.839. The Morgan fingerprint density at radius 1 is 0.742 bits per heavy atom. The maximum absolute atomic E-state index is 14.1. The molecular formula is C21H16F5NO3S. The summed E-state index contributed by atoms with van der Waals surface area (Å²) in [7, 11) is -5.26. The summed E-state index contributed by atoms with van der Waals surface area (Å²) < 4.78 is 95.8. The van der Waals surface area contributed by atoms with Crippen molar-refractivity contribution in [3.8, 4) is 0 Å². The SMILES string of the molecule is O=S(=O)(N[C@@H](Cc1ccccc1)[C@H](O)c1ccccc1)c1c(F)c(F)c(F)c(F)c1F. The van der Waals surface area contributed by atoms with Crippen LogP contribution in [0, 0.1) is 29.1 Å². The van der Waals surface area contributed by atoms with Gasteiger partial charge in [0.25, 0.3) is 0 Å². The second kappa shape index (κ2) is 9.13. The molecule has 0 amide bonds. The van der Waals surface area contributed by atoms with E-state index in [0.717, 1.165) is 0 Å². The largest absolute Gasteiger partial charge is 0.387 e. The van der Waals surface area contributed by atoms with E-state index in [2.05, 4.69) is 0 Å². The molecule has 0 heterocycles. The van der Waals surface area contributed by atoms with Gasteiger partial charge in [-0.3, -0.25) is 0 Å². The third-order valence-corrected chi connectivity index (χ3v) is 6.07. The van der Waals surface area contributed by atoms with Crippen LogP contribution in [0.25, 0.3) is 0 Å². The van der Waals surface area contributed by atoms with Crippen molar-refractivity contribution in [1.82, 2.24) is 4.72 Å². The van der Waals surface area contributed by atoms with E-state index in [0.29, 0.717) is 5.56 Å². The van der Waals surface area contributed by atoms with Crippen molar-refractivity contribution in [2.75, 3.05) is 0 Å². The van der Waals surface area contributed by atoms with E-state index in [1.165, 1.54) is 12.1 Å². The Labute approximate surface area is 175 Å². The summed E-state index contributed by atoms with van der Waals surface area (Å²) in [6.07, 6.45) is -1.62. The number of aliphatic hydroxyl groups is 1. The fourth-order valence-electron chi connectivity index (χ4n) is 3.05. The van der Waals surface area contributed by atoms with Gasteiger partial charge in [0.05, 0.1) is 12.1 Å². The van der Waals surface area contributed by atoms with E-state index in [9.17, 15) is 35.5 Å². The molecule has 0 aliphatic carbocycles. The van der Waals surface area contributed by atoms with Gasteiger partial charge in [0.2, 0.25) is 15.8 Å². The van der Waals surface area contributed by atoms with Crippen LogP contribution in [0.5, 0.6) is 0 Å². The second-order valence-corrected chi connectivity index (χ2v) is 8.32. The van der Waals surface area contributed by atoms with Crippen molar-refractivity contribution >= 4 is 10.0 Å². The highest BCUT2D eigenvalue weighted by atomic mass is 32.2. The first-order valence-corrected chi connectivity index (χ1v) is 10.4. The van der Waals surface area contributed by atoms with Gasteiger partial charge < -0.3 is 5.11 Å². The van der Waals surface area contributed by atoms with Gasteiger partial charge in [-0.15, -0.1) is 0 Å². The molecule has 4 nitrogen and oxygen atoms in total. The molecule has 0 bridgehead atoms. The van der Waals surface area contributed by atoms with Crippen LogP contribution >= 0.6 is 0 Å². The first kappa shape index (κ1) is 22.9. The number of hydrogen-bond acceptors (Lipinski definition) is 3. The molecule has 0 unspecified atom stereocenters. The Kier molecular flexibility index (Phi) is 6.73. The molecule has 3 rings (SSSR count). The molecule has 164 valence electrons. The van der Waals surface area contributed by atoms with E-state index in [4.69, 9.17) is 0 Å². The molecule has 10 heteroatoms. The summed E-state index contributed by atoms with van der Waals surface area (Å²) >= 11 is 0. The molecule has 0 spiro atoms. The third-order valence-electron chi connectivity index (χ3n) is 4.57. The van der Waals surface area contributed by atoms with Crippen LogP contribution in [0.4, 0.5) is 22.0 Å². The molecule has 2 N–H and O–H groups in total. The molecule has 2 atom stereocenters. The summed E-state index contributed by atoms with van der Waals surface area (Å²) in [6.45, 7) is 0. The Morgan fingerprint density at radius 2 is 1.19 bits per heavy atom. The van der Waals surface area contributed by atoms with Crippen LogP contribution in [0.2, 0.25) is 0 Å². The van der Waals surface area contributed by atoms with Crippen molar-refractivity contribution in [3.63, 3.8) is 0 Å². The van der Waals surface area contributed by atoms with Crippen LogP contribution < -0.4 is 4.72 Å². The lowest BCUT2D eigenvalue weighted by atomic mass is 9.97. The highest BCUT2D eigenvalue weighted by molar-refractivity contribution is 7.89. The molecular weight excluding hydrogens is 441 g/mol. The minimum Gasteiger partial charge on any atom is -0.387 e. The zero-order valence-corrected chi connectivity index (χ0v) is 16.5. The number of rotatable bonds is 7. The normalized spacial score (nSPS) is 13.7. The van der Waals surface area contributed by atoms with Crippen LogP contribution in [0.3, 0.4) is 0 Å². The van der Waals surface area contributed by atoms with E-state index < -0.39 is 56.2 Å². The standard InChI is InChI=1S/C21H16F5NO3S/c22-15-16(23)18(25)21(19(26)17(15)24)31(29,30)27-14(11-12-7-3-1-4-8-12)20(28)13-9-5-2-6-10-13/h1-10,14,20,27-28H,11H2/t14-,20+/m0/s1. The Bertz CT molecular complexity index is 1150. The Hall–Kier alpha value is -2.82. The van der Waals surface area contributed by atoms with Crippen LogP contribution in [0.15, 0.2) is 65.6 Å². The first-order valence-electron chi connectivity index (χ1n) is 8.94. The van der Waals surface area contributed by atoms with Crippen molar-refractivity contribution in [3.05, 3.63) is 101 Å². The quantitative estimate of drug-likeness (QED) is 0.320. The molecule has 0 saturated heterocycles. The summed E-state index contributed by atoms with van der Waals surface area (Å²) in [6, 6.07) is 14.7. The smallest absolute Gasteiger partial charge is 0.247 e. The van der Waals surface area contributed by atoms with Gasteiger partial charge in [-0.2, -0.15) is 0 Å². The maximum atomic E-state index is 14.1. The van der Waals surface area contributed by atoms with Gasteiger partial charge in [-0.25, -0.2) is 35.1 Å². The van der Waals surface area contributed by atoms with Crippen LogP contribution in [0.1, 0.15) is 17.2 Å². The number of sulfonamides is 1. The molecule has 0 aliphatic rings. The fourth-order valence-corrected chi connectivity index (χ4v) is 4.43. The van der Waals surface area contributed by atoms with Crippen LogP contribution in [-0.4, -0.2) is 19.6 Å². The molecule has 0 aliphatic heterocycles. The van der Waals surface area contributed by atoms with Gasteiger partial charge in [-0.05, 0) is 17.5 Å². The molecule has 31 heavy (non-hydrogen) atoms. The van der Waals surface area contributed by atoms with Gasteiger partial charge in [0.15, 0.2) is 28.2 Å². The van der Waals surface area contributed by atoms with Gasteiger partial charge in [0.1, 0.15) is 0 Å². The van der Waals surface area contributed by atoms with Crippen LogP contribution in [-0.2, 0) is 16.4 Å². The average molecular weight is 457 g/mol. The minimum absolute atomic E-state index is 0.133. The van der Waals surface area contributed by atoms with E-state index >= 15 is 0 Å². The highest BCUT2D eigenvalue weighted by Crippen LogP contribution is 2.28. The monoisotopic (exact) mass is 457 g/mol. The molecule has 3 aromatic rings. The van der Waals surface area contributed by atoms with Gasteiger partial charge in [-0.1, -0.05) is 60.7 Å². The van der Waals surface area contributed by atoms with E-state index in [1.54, 1.807) is 48.5 Å². The second-order valence-electron chi connectivity index (χ2n) is 6.67. The highest BCUT2D eigenvalue weighted by Gasteiger charge is 2.36. The lowest BCUT2D eigenvalue weighted by Gasteiger charge is -2.25. The number of aliphatic hydroxyl groups excluding tert-OH is 1. The Balaban J connectivity index is 2.05. The number of hydrogen-bond donors (Lipinski definition) is 2. The molecule has 0 aromatic heterocycles. The Morgan fingerprint density at radius 3 is 1.71 bits per heavy atom. The summed E-state index contributed by atoms with van der Waals surface area (Å²) in [5.74, 6) is -12.2. The van der Waals surface area contributed by atoms with Gasteiger partial charge in [0, 0.05) is 0 Å². The summed E-state index contributed by atoms with van der Waals surface area (Å²) in [5, 5.41) is 10.7. The average Bonchev–Trinajstić information content (AvgIpc) is 2.76. The zero-order valence-electron chi connectivity index (χ0n) is 15.7. The van der Waals surface area contributed by atoms with Crippen molar-refractivity contribution in [2.24, 2.45) is 0 Å². The zero-order chi connectivity index (χ0) is 22.8. The van der Waals surface area contributed by atoms with Gasteiger partial charge >= 0.3 is 0 Å².